The smallest absolute Gasteiger partial charge is 0.273 e. The van der Waals surface area contributed by atoms with Gasteiger partial charge in [-0.25, -0.2) is 4.68 Å². The summed E-state index contributed by atoms with van der Waals surface area (Å²) in [6.45, 7) is 1.93. The summed E-state index contributed by atoms with van der Waals surface area (Å²) in [5.41, 5.74) is 8.18. The van der Waals surface area contributed by atoms with Gasteiger partial charge >= 0.3 is 0 Å². The predicted molar refractivity (Wildman–Crippen MR) is 81.9 cm³/mol. The maximum absolute atomic E-state index is 11.8. The number of aromatic nitrogens is 2. The molecule has 5 nitrogen and oxygen atoms in total. The first-order valence-corrected chi connectivity index (χ1v) is 7.02. The zero-order valence-electron chi connectivity index (χ0n) is 11.7. The van der Waals surface area contributed by atoms with Gasteiger partial charge in [0.05, 0.1) is 5.69 Å². The second kappa shape index (κ2) is 5.76. The lowest BCUT2D eigenvalue weighted by molar-refractivity contribution is 0.0821. The Kier molecular flexibility index (Phi) is 4.25. The minimum Gasteiger partial charge on any atom is -0.343 e. The van der Waals surface area contributed by atoms with Crippen LogP contribution in [0.3, 0.4) is 0 Å². The van der Waals surface area contributed by atoms with Crippen molar-refractivity contribution in [2.45, 2.75) is 13.0 Å². The number of rotatable bonds is 3. The summed E-state index contributed by atoms with van der Waals surface area (Å²) in [7, 11) is 3.41. The van der Waals surface area contributed by atoms with Gasteiger partial charge < -0.3 is 10.6 Å². The Morgan fingerprint density at radius 2 is 2.10 bits per heavy atom. The van der Waals surface area contributed by atoms with Crippen molar-refractivity contribution in [1.82, 2.24) is 14.7 Å². The van der Waals surface area contributed by atoms with Crippen molar-refractivity contribution >= 4 is 21.8 Å². The number of benzene rings is 1. The molecule has 0 aliphatic carbocycles. The molecule has 6 heteroatoms. The molecule has 0 spiro atoms. The molecule has 2 aromatic rings. The fourth-order valence-electron chi connectivity index (χ4n) is 1.79. The van der Waals surface area contributed by atoms with Crippen molar-refractivity contribution in [3.63, 3.8) is 0 Å². The van der Waals surface area contributed by atoms with Gasteiger partial charge in [-0.1, -0.05) is 6.07 Å². The van der Waals surface area contributed by atoms with Crippen LogP contribution in [0.25, 0.3) is 5.69 Å². The maximum Gasteiger partial charge on any atom is 0.273 e. The van der Waals surface area contributed by atoms with Gasteiger partial charge in [-0.15, -0.1) is 0 Å². The SMILES string of the molecule is CC(N)c1ccc(-n2ccc(C(=O)N(C)C)n2)c(Br)c1. The first-order valence-electron chi connectivity index (χ1n) is 6.23. The highest BCUT2D eigenvalue weighted by Crippen LogP contribution is 2.24. The number of amides is 1. The average molecular weight is 337 g/mol. The van der Waals surface area contributed by atoms with E-state index >= 15 is 0 Å². The molecule has 1 aromatic heterocycles. The lowest BCUT2D eigenvalue weighted by atomic mass is 10.1. The highest BCUT2D eigenvalue weighted by atomic mass is 79.9. The lowest BCUT2D eigenvalue weighted by Gasteiger charge is -2.10. The Balaban J connectivity index is 2.35. The predicted octanol–water partition coefficient (Wildman–Crippen LogP) is 2.36. The van der Waals surface area contributed by atoms with Gasteiger partial charge in [0.1, 0.15) is 0 Å². The van der Waals surface area contributed by atoms with Crippen molar-refractivity contribution in [1.29, 1.82) is 0 Å². The minimum atomic E-state index is -0.118. The van der Waals surface area contributed by atoms with Crippen LogP contribution in [-0.2, 0) is 0 Å². The number of nitrogens with two attached hydrogens (primary N) is 1. The normalized spacial score (nSPS) is 12.2. The topological polar surface area (TPSA) is 64.2 Å². The third-order valence-corrected chi connectivity index (χ3v) is 3.59. The zero-order chi connectivity index (χ0) is 14.9. The molecule has 0 aliphatic rings. The molecule has 1 unspecified atom stereocenters. The summed E-state index contributed by atoms with van der Waals surface area (Å²) in [6, 6.07) is 7.53. The lowest BCUT2D eigenvalue weighted by Crippen LogP contribution is -2.22. The second-order valence-electron chi connectivity index (χ2n) is 4.84. The van der Waals surface area contributed by atoms with E-state index in [1.807, 2.05) is 25.1 Å². The van der Waals surface area contributed by atoms with Gasteiger partial charge in [-0.05, 0) is 46.6 Å². The van der Waals surface area contributed by atoms with E-state index in [9.17, 15) is 4.79 Å². The molecule has 0 radical (unpaired) electrons. The van der Waals surface area contributed by atoms with Crippen molar-refractivity contribution in [2.75, 3.05) is 14.1 Å². The van der Waals surface area contributed by atoms with Crippen molar-refractivity contribution < 1.29 is 4.79 Å². The Labute approximate surface area is 126 Å². The van der Waals surface area contributed by atoms with Crippen LogP contribution in [0.4, 0.5) is 0 Å². The van der Waals surface area contributed by atoms with Crippen LogP contribution in [0.1, 0.15) is 29.0 Å². The number of halogens is 1. The highest BCUT2D eigenvalue weighted by Gasteiger charge is 2.13. The van der Waals surface area contributed by atoms with Crippen molar-refractivity contribution in [2.24, 2.45) is 5.73 Å². The summed E-state index contributed by atoms with van der Waals surface area (Å²) in [5.74, 6) is -0.118. The molecule has 1 amide bonds. The van der Waals surface area contributed by atoms with E-state index in [4.69, 9.17) is 5.73 Å². The first kappa shape index (κ1) is 14.7. The van der Waals surface area contributed by atoms with Crippen LogP contribution in [0.15, 0.2) is 34.9 Å². The largest absolute Gasteiger partial charge is 0.343 e. The average Bonchev–Trinajstić information content (AvgIpc) is 2.86. The molecule has 20 heavy (non-hydrogen) atoms. The van der Waals surface area contributed by atoms with Gasteiger partial charge in [0.15, 0.2) is 5.69 Å². The molecule has 1 heterocycles. The van der Waals surface area contributed by atoms with Crippen LogP contribution in [0.2, 0.25) is 0 Å². The van der Waals surface area contributed by atoms with E-state index < -0.39 is 0 Å². The first-order chi connectivity index (χ1) is 9.40. The number of carbonyl (C=O) groups is 1. The highest BCUT2D eigenvalue weighted by molar-refractivity contribution is 9.10. The number of hydrogen-bond acceptors (Lipinski definition) is 3. The van der Waals surface area contributed by atoms with Gasteiger partial charge in [-0.2, -0.15) is 5.10 Å². The summed E-state index contributed by atoms with van der Waals surface area (Å²) in [4.78, 5) is 13.3. The molecule has 0 bridgehead atoms. The molecular weight excluding hydrogens is 320 g/mol. The van der Waals surface area contributed by atoms with Crippen molar-refractivity contribution in [3.8, 4) is 5.69 Å². The standard InChI is InChI=1S/C14H17BrN4O/c1-9(16)10-4-5-13(11(15)8-10)19-7-6-12(17-19)14(20)18(2)3/h4-9H,16H2,1-3H3. The third-order valence-electron chi connectivity index (χ3n) is 2.96. The number of carbonyl (C=O) groups excluding carboxylic acids is 1. The molecule has 1 atom stereocenters. The third kappa shape index (κ3) is 2.91. The molecule has 0 saturated heterocycles. The second-order valence-corrected chi connectivity index (χ2v) is 5.70. The molecule has 2 N–H and O–H groups in total. The number of nitrogens with zero attached hydrogens (tertiary/aromatic N) is 3. The van der Waals surface area contributed by atoms with Crippen molar-refractivity contribution in [3.05, 3.63) is 46.2 Å². The van der Waals surface area contributed by atoms with Gasteiger partial charge in [0.2, 0.25) is 0 Å². The zero-order valence-corrected chi connectivity index (χ0v) is 13.3. The maximum atomic E-state index is 11.8. The van der Waals surface area contributed by atoms with E-state index in [0.29, 0.717) is 5.69 Å². The van der Waals surface area contributed by atoms with E-state index in [1.54, 1.807) is 31.0 Å². The molecule has 0 aliphatic heterocycles. The van der Waals surface area contributed by atoms with Gasteiger partial charge in [-0.3, -0.25) is 4.79 Å². The Bertz CT molecular complexity index is 634. The van der Waals surface area contributed by atoms with E-state index in [-0.39, 0.29) is 11.9 Å². The van der Waals surface area contributed by atoms with E-state index in [2.05, 4.69) is 21.0 Å². The van der Waals surface area contributed by atoms with Crippen LogP contribution >= 0.6 is 15.9 Å². The quantitative estimate of drug-likeness (QED) is 0.935. The fourth-order valence-corrected chi connectivity index (χ4v) is 2.37. The van der Waals surface area contributed by atoms with E-state index in [1.165, 1.54) is 4.90 Å². The summed E-state index contributed by atoms with van der Waals surface area (Å²) >= 11 is 3.52. The molecule has 106 valence electrons. The molecule has 2 rings (SSSR count). The van der Waals surface area contributed by atoms with Crippen LogP contribution < -0.4 is 5.73 Å². The molecule has 0 saturated carbocycles. The summed E-state index contributed by atoms with van der Waals surface area (Å²) < 4.78 is 2.56. The summed E-state index contributed by atoms with van der Waals surface area (Å²) in [6.07, 6.45) is 1.77. The van der Waals surface area contributed by atoms with Crippen LogP contribution in [-0.4, -0.2) is 34.7 Å². The Hall–Kier alpha value is -1.66. The Morgan fingerprint density at radius 1 is 1.40 bits per heavy atom. The molecular formula is C14H17BrN4O. The summed E-state index contributed by atoms with van der Waals surface area (Å²) in [5, 5.41) is 4.30. The van der Waals surface area contributed by atoms with Crippen LogP contribution in [0, 0.1) is 0 Å². The van der Waals surface area contributed by atoms with E-state index in [0.717, 1.165) is 15.7 Å². The number of hydrogen-bond donors (Lipinski definition) is 1. The molecule has 1 aromatic carbocycles. The fraction of sp³-hybridized carbons (Fsp3) is 0.286. The van der Waals surface area contributed by atoms with Gasteiger partial charge in [0.25, 0.3) is 5.91 Å². The monoisotopic (exact) mass is 336 g/mol. The minimum absolute atomic E-state index is 0.0242. The molecule has 0 fully saturated rings. The Morgan fingerprint density at radius 3 is 2.65 bits per heavy atom. The van der Waals surface area contributed by atoms with Crippen LogP contribution in [0.5, 0.6) is 0 Å². The van der Waals surface area contributed by atoms with Gasteiger partial charge in [0, 0.05) is 30.8 Å².